The summed E-state index contributed by atoms with van der Waals surface area (Å²) < 4.78 is 7.33. The zero-order valence-electron chi connectivity index (χ0n) is 13.0. The molecule has 4 heteroatoms. The third kappa shape index (κ3) is 2.96. The molecule has 1 aliphatic rings. The number of fused-ring (bicyclic) bond motifs is 1. The SMILES string of the molecule is Cc1cc2nccc(-c3cc(Cl)ccc3OCC3CCC3)c2s1. The van der Waals surface area contributed by atoms with Crippen LogP contribution in [0.4, 0.5) is 0 Å². The van der Waals surface area contributed by atoms with E-state index in [1.54, 1.807) is 11.3 Å². The predicted molar refractivity (Wildman–Crippen MR) is 97.6 cm³/mol. The lowest BCUT2D eigenvalue weighted by Gasteiger charge is -2.25. The highest BCUT2D eigenvalue weighted by molar-refractivity contribution is 7.19. The highest BCUT2D eigenvalue weighted by Gasteiger charge is 2.19. The molecule has 0 spiro atoms. The third-order valence-electron chi connectivity index (χ3n) is 4.47. The summed E-state index contributed by atoms with van der Waals surface area (Å²) in [7, 11) is 0. The van der Waals surface area contributed by atoms with Crippen LogP contribution in [0.2, 0.25) is 5.02 Å². The Labute approximate surface area is 145 Å². The average molecular weight is 344 g/mol. The second-order valence-electron chi connectivity index (χ2n) is 6.18. The zero-order valence-corrected chi connectivity index (χ0v) is 14.6. The molecule has 0 saturated heterocycles. The van der Waals surface area contributed by atoms with E-state index in [4.69, 9.17) is 16.3 Å². The Morgan fingerprint density at radius 3 is 2.87 bits per heavy atom. The van der Waals surface area contributed by atoms with Gasteiger partial charge in [0.15, 0.2) is 0 Å². The Balaban J connectivity index is 1.77. The first-order chi connectivity index (χ1) is 11.2. The molecule has 0 radical (unpaired) electrons. The van der Waals surface area contributed by atoms with Crippen molar-refractivity contribution in [2.24, 2.45) is 5.92 Å². The second-order valence-corrected chi connectivity index (χ2v) is 7.87. The van der Waals surface area contributed by atoms with Crippen molar-refractivity contribution in [3.05, 3.63) is 46.4 Å². The molecule has 0 unspecified atom stereocenters. The Hall–Kier alpha value is -1.58. The molecule has 1 saturated carbocycles. The number of aromatic nitrogens is 1. The fraction of sp³-hybridized carbons (Fsp3) is 0.316. The van der Waals surface area contributed by atoms with E-state index in [0.717, 1.165) is 34.0 Å². The Bertz CT molecular complexity index is 854. The smallest absolute Gasteiger partial charge is 0.127 e. The van der Waals surface area contributed by atoms with Gasteiger partial charge in [0.25, 0.3) is 0 Å². The van der Waals surface area contributed by atoms with E-state index in [0.29, 0.717) is 5.92 Å². The van der Waals surface area contributed by atoms with Gasteiger partial charge in [-0.2, -0.15) is 0 Å². The first kappa shape index (κ1) is 15.0. The van der Waals surface area contributed by atoms with Gasteiger partial charge in [-0.25, -0.2) is 0 Å². The van der Waals surface area contributed by atoms with Crippen molar-refractivity contribution < 1.29 is 4.74 Å². The van der Waals surface area contributed by atoms with E-state index in [2.05, 4.69) is 24.0 Å². The number of pyridine rings is 1. The first-order valence-corrected chi connectivity index (χ1v) is 9.18. The van der Waals surface area contributed by atoms with Crippen LogP contribution in [0.25, 0.3) is 21.3 Å². The van der Waals surface area contributed by atoms with Gasteiger partial charge in [0.2, 0.25) is 0 Å². The number of hydrogen-bond acceptors (Lipinski definition) is 3. The normalized spacial score (nSPS) is 14.9. The number of aryl methyl sites for hydroxylation is 1. The maximum absolute atomic E-state index is 6.26. The number of rotatable bonds is 4. The van der Waals surface area contributed by atoms with Crippen LogP contribution in [0.1, 0.15) is 24.1 Å². The minimum atomic E-state index is 0.708. The van der Waals surface area contributed by atoms with Crippen molar-refractivity contribution in [3.8, 4) is 16.9 Å². The van der Waals surface area contributed by atoms with E-state index < -0.39 is 0 Å². The number of ether oxygens (including phenoxy) is 1. The van der Waals surface area contributed by atoms with Crippen LogP contribution in [0.3, 0.4) is 0 Å². The highest BCUT2D eigenvalue weighted by atomic mass is 35.5. The van der Waals surface area contributed by atoms with Gasteiger partial charge in [0.1, 0.15) is 5.75 Å². The number of halogens is 1. The van der Waals surface area contributed by atoms with Gasteiger partial charge >= 0.3 is 0 Å². The van der Waals surface area contributed by atoms with Gasteiger partial charge in [-0.15, -0.1) is 11.3 Å². The zero-order chi connectivity index (χ0) is 15.8. The Morgan fingerprint density at radius 2 is 2.09 bits per heavy atom. The molecule has 0 aliphatic heterocycles. The molecular formula is C19H18ClNOS. The topological polar surface area (TPSA) is 22.1 Å². The van der Waals surface area contributed by atoms with E-state index >= 15 is 0 Å². The molecule has 1 aromatic carbocycles. The van der Waals surface area contributed by atoms with Gasteiger partial charge in [0, 0.05) is 27.2 Å². The van der Waals surface area contributed by atoms with Crippen molar-refractivity contribution in [1.29, 1.82) is 0 Å². The van der Waals surface area contributed by atoms with E-state index in [9.17, 15) is 0 Å². The quantitative estimate of drug-likeness (QED) is 0.570. The molecule has 1 aliphatic carbocycles. The average Bonchev–Trinajstić information content (AvgIpc) is 2.87. The minimum Gasteiger partial charge on any atom is -0.493 e. The number of nitrogens with zero attached hydrogens (tertiary/aromatic N) is 1. The van der Waals surface area contributed by atoms with Crippen LogP contribution in [-0.2, 0) is 0 Å². The number of hydrogen-bond donors (Lipinski definition) is 0. The molecule has 0 bridgehead atoms. The van der Waals surface area contributed by atoms with E-state index in [-0.39, 0.29) is 0 Å². The standard InChI is InChI=1S/C19H18ClNOS/c1-12-9-17-19(23-12)15(7-8-21-17)16-10-14(20)5-6-18(16)22-11-13-3-2-4-13/h5-10,13H,2-4,11H2,1H3. The Kier molecular flexibility index (Phi) is 4.00. The van der Waals surface area contributed by atoms with E-state index in [1.807, 2.05) is 24.4 Å². The van der Waals surface area contributed by atoms with E-state index in [1.165, 1.54) is 28.8 Å². The maximum atomic E-state index is 6.26. The Morgan fingerprint density at radius 1 is 1.22 bits per heavy atom. The van der Waals surface area contributed by atoms with Crippen molar-refractivity contribution in [3.63, 3.8) is 0 Å². The van der Waals surface area contributed by atoms with Crippen molar-refractivity contribution in [1.82, 2.24) is 4.98 Å². The summed E-state index contributed by atoms with van der Waals surface area (Å²) >= 11 is 8.02. The monoisotopic (exact) mass is 343 g/mol. The largest absolute Gasteiger partial charge is 0.493 e. The number of thiophene rings is 1. The van der Waals surface area contributed by atoms with Crippen molar-refractivity contribution >= 4 is 33.2 Å². The van der Waals surface area contributed by atoms with Crippen LogP contribution in [0.5, 0.6) is 5.75 Å². The van der Waals surface area contributed by atoms with Gasteiger partial charge < -0.3 is 4.74 Å². The lowest BCUT2D eigenvalue weighted by molar-refractivity contribution is 0.181. The van der Waals surface area contributed by atoms with Crippen LogP contribution < -0.4 is 4.74 Å². The van der Waals surface area contributed by atoms with Gasteiger partial charge in [0.05, 0.1) is 16.8 Å². The lowest BCUT2D eigenvalue weighted by atomic mass is 9.86. The third-order valence-corrected chi connectivity index (χ3v) is 5.77. The maximum Gasteiger partial charge on any atom is 0.127 e. The van der Waals surface area contributed by atoms with Gasteiger partial charge in [-0.05, 0) is 56.0 Å². The summed E-state index contributed by atoms with van der Waals surface area (Å²) in [5, 5.41) is 0.731. The minimum absolute atomic E-state index is 0.708. The first-order valence-electron chi connectivity index (χ1n) is 7.98. The molecule has 2 nitrogen and oxygen atoms in total. The fourth-order valence-electron chi connectivity index (χ4n) is 2.98. The van der Waals surface area contributed by atoms with Crippen LogP contribution in [-0.4, -0.2) is 11.6 Å². The van der Waals surface area contributed by atoms with Gasteiger partial charge in [-0.1, -0.05) is 18.0 Å². The summed E-state index contributed by atoms with van der Waals surface area (Å²) in [5.41, 5.74) is 3.25. The highest BCUT2D eigenvalue weighted by Crippen LogP contribution is 2.40. The summed E-state index contributed by atoms with van der Waals surface area (Å²) in [5.74, 6) is 1.62. The molecule has 4 rings (SSSR count). The fourth-order valence-corrected chi connectivity index (χ4v) is 4.14. The van der Waals surface area contributed by atoms with Crippen molar-refractivity contribution in [2.45, 2.75) is 26.2 Å². The lowest BCUT2D eigenvalue weighted by Crippen LogP contribution is -2.19. The molecule has 1 fully saturated rings. The van der Waals surface area contributed by atoms with Crippen LogP contribution in [0, 0.1) is 12.8 Å². The molecule has 23 heavy (non-hydrogen) atoms. The summed E-state index contributed by atoms with van der Waals surface area (Å²) in [6, 6.07) is 10.1. The molecular weight excluding hydrogens is 326 g/mol. The van der Waals surface area contributed by atoms with Gasteiger partial charge in [-0.3, -0.25) is 4.98 Å². The molecule has 2 aromatic heterocycles. The number of benzene rings is 1. The molecule has 2 heterocycles. The molecule has 0 amide bonds. The van der Waals surface area contributed by atoms with Crippen LogP contribution >= 0.6 is 22.9 Å². The molecule has 3 aromatic rings. The summed E-state index contributed by atoms with van der Waals surface area (Å²) in [6.07, 6.45) is 5.76. The predicted octanol–water partition coefficient (Wildman–Crippen LogP) is 6.10. The van der Waals surface area contributed by atoms with Crippen molar-refractivity contribution in [2.75, 3.05) is 6.61 Å². The van der Waals surface area contributed by atoms with Crippen LogP contribution in [0.15, 0.2) is 36.5 Å². The molecule has 118 valence electrons. The summed E-state index contributed by atoms with van der Waals surface area (Å²) in [6.45, 7) is 2.91. The second kappa shape index (κ2) is 6.14. The molecule has 0 atom stereocenters. The summed E-state index contributed by atoms with van der Waals surface area (Å²) in [4.78, 5) is 5.74. The molecule has 0 N–H and O–H groups in total.